The number of pyridine rings is 1. The summed E-state index contributed by atoms with van der Waals surface area (Å²) >= 11 is 0. The fourth-order valence-corrected chi connectivity index (χ4v) is 9.34. The Hall–Kier alpha value is -7.95. The molecule has 0 saturated heterocycles. The highest BCUT2D eigenvalue weighted by Gasteiger charge is 2.18. The zero-order valence-corrected chi connectivity index (χ0v) is 32.0. The predicted molar refractivity (Wildman–Crippen MR) is 247 cm³/mol. The Bertz CT molecular complexity index is 3670. The molecule has 0 N–H and O–H groups in total. The van der Waals surface area contributed by atoms with Crippen molar-refractivity contribution in [3.63, 3.8) is 0 Å². The second-order valence-corrected chi connectivity index (χ2v) is 15.3. The first-order valence-corrected chi connectivity index (χ1v) is 20.1. The number of nitrogens with zero attached hydrogens (tertiary/aromatic N) is 3. The van der Waals surface area contributed by atoms with E-state index in [0.29, 0.717) is 5.39 Å². The number of hydrogen-bond acceptors (Lipinski definition) is 1. The van der Waals surface area contributed by atoms with Crippen LogP contribution in [0.3, 0.4) is 0 Å². The highest BCUT2D eigenvalue weighted by molar-refractivity contribution is 6.13. The first-order chi connectivity index (χ1) is 29.2. The SMILES string of the molecule is O=c1c2ccccc2c2cc(-n3c4ccccc4c4cc(-c5ccccc5)ccc43)ccc2n1-c1ccc(-n2c3ccccc3c3cc(-c4ccccc4)ccc32)cc1. The summed E-state index contributed by atoms with van der Waals surface area (Å²) in [4.78, 5) is 14.5. The van der Waals surface area contributed by atoms with Crippen molar-refractivity contribution >= 4 is 65.3 Å². The van der Waals surface area contributed by atoms with Crippen LogP contribution < -0.4 is 5.56 Å². The average molecular weight is 754 g/mol. The van der Waals surface area contributed by atoms with Crippen LogP contribution in [0.4, 0.5) is 0 Å². The summed E-state index contributed by atoms with van der Waals surface area (Å²) in [5.41, 5.74) is 13.1. The van der Waals surface area contributed by atoms with Gasteiger partial charge in [0.15, 0.2) is 0 Å². The molecule has 3 aromatic heterocycles. The number of hydrogen-bond donors (Lipinski definition) is 0. The van der Waals surface area contributed by atoms with Gasteiger partial charge in [-0.2, -0.15) is 0 Å². The molecule has 59 heavy (non-hydrogen) atoms. The molecule has 9 aromatic carbocycles. The molecule has 0 aliphatic rings. The molecule has 0 amide bonds. The van der Waals surface area contributed by atoms with Gasteiger partial charge in [0, 0.05) is 49.4 Å². The van der Waals surface area contributed by atoms with Crippen molar-refractivity contribution in [2.45, 2.75) is 0 Å². The average Bonchev–Trinajstić information content (AvgIpc) is 3.82. The van der Waals surface area contributed by atoms with Crippen molar-refractivity contribution in [1.82, 2.24) is 13.7 Å². The molecule has 3 heterocycles. The van der Waals surface area contributed by atoms with Gasteiger partial charge in [0.1, 0.15) is 0 Å². The second kappa shape index (κ2) is 13.1. The standard InChI is InChI=1S/C55H35N3O/c59-55-46-20-8-7-17-43(46)49-35-42(57-51-22-12-10-19-45(51)48-34-39(24-31-53(48)57)37-15-5-2-6-16-37)29-32-54(49)58(55)41-27-25-40(26-28-41)56-50-21-11-9-18-44(50)47-33-38(23-30-52(47)56)36-13-3-1-4-14-36/h1-35H. The van der Waals surface area contributed by atoms with Gasteiger partial charge in [-0.3, -0.25) is 9.36 Å². The predicted octanol–water partition coefficient (Wildman–Crippen LogP) is 13.7. The molecule has 4 heteroatoms. The largest absolute Gasteiger partial charge is 0.309 e. The van der Waals surface area contributed by atoms with Crippen molar-refractivity contribution < 1.29 is 0 Å². The lowest BCUT2D eigenvalue weighted by atomic mass is 10.0. The molecule has 0 atom stereocenters. The molecule has 12 aromatic rings. The molecule has 4 nitrogen and oxygen atoms in total. The molecule has 0 aliphatic heterocycles. The third kappa shape index (κ3) is 5.13. The van der Waals surface area contributed by atoms with E-state index in [4.69, 9.17) is 0 Å². The number of benzene rings is 9. The van der Waals surface area contributed by atoms with Gasteiger partial charge in [-0.05, 0) is 113 Å². The summed E-state index contributed by atoms with van der Waals surface area (Å²) in [6.07, 6.45) is 0. The van der Waals surface area contributed by atoms with E-state index < -0.39 is 0 Å². The topological polar surface area (TPSA) is 31.9 Å². The first-order valence-electron chi connectivity index (χ1n) is 20.1. The van der Waals surface area contributed by atoms with Gasteiger partial charge >= 0.3 is 0 Å². The summed E-state index contributed by atoms with van der Waals surface area (Å²) in [6.45, 7) is 0. The Morgan fingerprint density at radius 3 is 1.17 bits per heavy atom. The Morgan fingerprint density at radius 2 is 0.610 bits per heavy atom. The number of aromatic nitrogens is 3. The maximum atomic E-state index is 14.5. The highest BCUT2D eigenvalue weighted by atomic mass is 16.1. The molecule has 0 aliphatic carbocycles. The van der Waals surface area contributed by atoms with Crippen LogP contribution in [0.15, 0.2) is 217 Å². The van der Waals surface area contributed by atoms with Gasteiger partial charge in [-0.25, -0.2) is 0 Å². The van der Waals surface area contributed by atoms with Crippen LogP contribution in [0, 0.1) is 0 Å². The smallest absolute Gasteiger partial charge is 0.263 e. The molecular formula is C55H35N3O. The van der Waals surface area contributed by atoms with E-state index in [1.807, 2.05) is 22.8 Å². The zero-order chi connectivity index (χ0) is 39.0. The lowest BCUT2D eigenvalue weighted by Crippen LogP contribution is -2.19. The Balaban J connectivity index is 1.02. The van der Waals surface area contributed by atoms with Crippen LogP contribution in [0.1, 0.15) is 0 Å². The minimum Gasteiger partial charge on any atom is -0.309 e. The van der Waals surface area contributed by atoms with E-state index in [2.05, 4.69) is 203 Å². The number of fused-ring (bicyclic) bond motifs is 9. The zero-order valence-electron chi connectivity index (χ0n) is 32.0. The lowest BCUT2D eigenvalue weighted by Gasteiger charge is -2.16. The fourth-order valence-electron chi connectivity index (χ4n) is 9.34. The van der Waals surface area contributed by atoms with Crippen LogP contribution in [-0.4, -0.2) is 13.7 Å². The summed E-state index contributed by atoms with van der Waals surface area (Å²) in [6, 6.07) is 74.7. The number of para-hydroxylation sites is 2. The van der Waals surface area contributed by atoms with E-state index >= 15 is 0 Å². The van der Waals surface area contributed by atoms with E-state index in [-0.39, 0.29) is 5.56 Å². The Kier molecular flexibility index (Phi) is 7.35. The van der Waals surface area contributed by atoms with Gasteiger partial charge in [0.05, 0.1) is 27.6 Å². The van der Waals surface area contributed by atoms with Crippen LogP contribution in [0.5, 0.6) is 0 Å². The van der Waals surface area contributed by atoms with E-state index in [1.165, 1.54) is 43.8 Å². The molecule has 0 unspecified atom stereocenters. The molecule has 0 spiro atoms. The van der Waals surface area contributed by atoms with Gasteiger partial charge in [0.25, 0.3) is 5.56 Å². The van der Waals surface area contributed by atoms with E-state index in [9.17, 15) is 4.79 Å². The minimum atomic E-state index is -0.0378. The van der Waals surface area contributed by atoms with Crippen molar-refractivity contribution in [3.05, 3.63) is 223 Å². The van der Waals surface area contributed by atoms with Gasteiger partial charge in [0.2, 0.25) is 0 Å². The monoisotopic (exact) mass is 753 g/mol. The van der Waals surface area contributed by atoms with Crippen LogP contribution in [-0.2, 0) is 0 Å². The highest BCUT2D eigenvalue weighted by Crippen LogP contribution is 2.38. The Morgan fingerprint density at radius 1 is 0.237 bits per heavy atom. The summed E-state index contributed by atoms with van der Waals surface area (Å²) in [5, 5.41) is 7.47. The Labute approximate surface area is 339 Å². The van der Waals surface area contributed by atoms with Crippen molar-refractivity contribution in [3.8, 4) is 39.3 Å². The van der Waals surface area contributed by atoms with Crippen LogP contribution in [0.2, 0.25) is 0 Å². The maximum Gasteiger partial charge on any atom is 0.263 e. The fraction of sp³-hybridized carbons (Fsp3) is 0. The summed E-state index contributed by atoms with van der Waals surface area (Å²) in [7, 11) is 0. The molecule has 12 rings (SSSR count). The third-order valence-electron chi connectivity index (χ3n) is 12.1. The van der Waals surface area contributed by atoms with Crippen molar-refractivity contribution in [2.24, 2.45) is 0 Å². The molecule has 276 valence electrons. The molecule has 0 fully saturated rings. The van der Waals surface area contributed by atoms with Crippen molar-refractivity contribution in [2.75, 3.05) is 0 Å². The molecule has 0 saturated carbocycles. The van der Waals surface area contributed by atoms with Gasteiger partial charge in [-0.15, -0.1) is 0 Å². The van der Waals surface area contributed by atoms with E-state index in [1.54, 1.807) is 0 Å². The second-order valence-electron chi connectivity index (χ2n) is 15.3. The van der Waals surface area contributed by atoms with Crippen LogP contribution >= 0.6 is 0 Å². The quantitative estimate of drug-likeness (QED) is 0.161. The maximum absolute atomic E-state index is 14.5. The summed E-state index contributed by atoms with van der Waals surface area (Å²) in [5.74, 6) is 0. The minimum absolute atomic E-state index is 0.0378. The normalized spacial score (nSPS) is 11.8. The number of rotatable bonds is 5. The molecule has 0 radical (unpaired) electrons. The molecule has 0 bridgehead atoms. The van der Waals surface area contributed by atoms with Gasteiger partial charge < -0.3 is 9.13 Å². The first kappa shape index (κ1) is 33.2. The molecular weight excluding hydrogens is 719 g/mol. The third-order valence-corrected chi connectivity index (χ3v) is 12.1. The van der Waals surface area contributed by atoms with Crippen molar-refractivity contribution in [1.29, 1.82) is 0 Å². The lowest BCUT2D eigenvalue weighted by molar-refractivity contribution is 1.05. The summed E-state index contributed by atoms with van der Waals surface area (Å²) < 4.78 is 6.55. The van der Waals surface area contributed by atoms with E-state index in [0.717, 1.165) is 55.4 Å². The van der Waals surface area contributed by atoms with Crippen LogP contribution in [0.25, 0.3) is 105 Å². The van der Waals surface area contributed by atoms with Gasteiger partial charge in [-0.1, -0.05) is 127 Å².